The van der Waals surface area contributed by atoms with E-state index in [4.69, 9.17) is 0 Å². The normalized spacial score (nSPS) is 10.4. The fourth-order valence-electron chi connectivity index (χ4n) is 1.79. The summed E-state index contributed by atoms with van der Waals surface area (Å²) in [6.07, 6.45) is 5.33. The van der Waals surface area contributed by atoms with E-state index < -0.39 is 0 Å². The van der Waals surface area contributed by atoms with Gasteiger partial charge in [0.2, 0.25) is 0 Å². The lowest BCUT2D eigenvalue weighted by atomic mass is 10.2. The zero-order valence-electron chi connectivity index (χ0n) is 11.2. The Labute approximate surface area is 112 Å². The zero-order valence-corrected chi connectivity index (χ0v) is 11.2. The second kappa shape index (κ2) is 6.15. The van der Waals surface area contributed by atoms with E-state index in [0.717, 1.165) is 12.2 Å². The van der Waals surface area contributed by atoms with Crippen molar-refractivity contribution in [3.63, 3.8) is 0 Å². The maximum absolute atomic E-state index is 12.1. The molecule has 19 heavy (non-hydrogen) atoms. The first kappa shape index (κ1) is 13.3. The van der Waals surface area contributed by atoms with Gasteiger partial charge in [-0.2, -0.15) is 0 Å². The van der Waals surface area contributed by atoms with Crippen LogP contribution in [0.5, 0.6) is 0 Å². The Morgan fingerprint density at radius 1 is 1.37 bits per heavy atom. The molecule has 0 aliphatic heterocycles. The monoisotopic (exact) mass is 258 g/mol. The smallest absolute Gasteiger partial charge is 0.253 e. The van der Waals surface area contributed by atoms with Gasteiger partial charge in [0.05, 0.1) is 6.33 Å². The van der Waals surface area contributed by atoms with Crippen molar-refractivity contribution in [1.29, 1.82) is 0 Å². The number of aromatic nitrogens is 2. The van der Waals surface area contributed by atoms with Gasteiger partial charge >= 0.3 is 0 Å². The molecule has 1 heterocycles. The minimum absolute atomic E-state index is 0.0347. The first-order chi connectivity index (χ1) is 9.22. The summed E-state index contributed by atoms with van der Waals surface area (Å²) in [4.78, 5) is 17.8. The standard InChI is InChI=1S/C14H18N4O/c1-15-7-9-17(2)14(19)12-3-5-13(6-4-12)18-10-8-16-11-18/h3-6,8,10-11,15H,7,9H2,1-2H3. The van der Waals surface area contributed by atoms with Crippen LogP contribution >= 0.6 is 0 Å². The van der Waals surface area contributed by atoms with Gasteiger partial charge in [-0.3, -0.25) is 4.79 Å². The molecule has 1 amide bonds. The first-order valence-corrected chi connectivity index (χ1v) is 6.21. The first-order valence-electron chi connectivity index (χ1n) is 6.21. The van der Waals surface area contributed by atoms with Gasteiger partial charge in [-0.25, -0.2) is 4.98 Å². The van der Waals surface area contributed by atoms with Gasteiger partial charge in [0, 0.05) is 43.8 Å². The van der Waals surface area contributed by atoms with Crippen molar-refractivity contribution >= 4 is 5.91 Å². The second-order valence-corrected chi connectivity index (χ2v) is 4.35. The van der Waals surface area contributed by atoms with Gasteiger partial charge in [0.15, 0.2) is 0 Å². The minimum Gasteiger partial charge on any atom is -0.340 e. The Kier molecular flexibility index (Phi) is 4.30. The van der Waals surface area contributed by atoms with Crippen LogP contribution in [0.2, 0.25) is 0 Å². The van der Waals surface area contributed by atoms with Crippen molar-refractivity contribution in [3.8, 4) is 5.69 Å². The van der Waals surface area contributed by atoms with Crippen LogP contribution in [0.15, 0.2) is 43.0 Å². The molecule has 0 aliphatic rings. The molecule has 5 nitrogen and oxygen atoms in total. The molecular formula is C14H18N4O. The summed E-state index contributed by atoms with van der Waals surface area (Å²) in [5.74, 6) is 0.0347. The third-order valence-electron chi connectivity index (χ3n) is 2.96. The summed E-state index contributed by atoms with van der Waals surface area (Å²) in [6, 6.07) is 7.52. The van der Waals surface area contributed by atoms with E-state index in [9.17, 15) is 4.79 Å². The molecule has 1 aromatic heterocycles. The molecule has 0 aliphatic carbocycles. The fraction of sp³-hybridized carbons (Fsp3) is 0.286. The molecule has 0 unspecified atom stereocenters. The largest absolute Gasteiger partial charge is 0.340 e. The van der Waals surface area contributed by atoms with Crippen LogP contribution in [0.3, 0.4) is 0 Å². The van der Waals surface area contributed by atoms with Gasteiger partial charge < -0.3 is 14.8 Å². The van der Waals surface area contributed by atoms with Crippen LogP contribution in [-0.2, 0) is 0 Å². The maximum atomic E-state index is 12.1. The lowest BCUT2D eigenvalue weighted by molar-refractivity contribution is 0.0797. The lowest BCUT2D eigenvalue weighted by Gasteiger charge is -2.17. The number of amides is 1. The molecule has 1 N–H and O–H groups in total. The van der Waals surface area contributed by atoms with Crippen molar-refractivity contribution < 1.29 is 4.79 Å². The molecule has 0 saturated heterocycles. The summed E-state index contributed by atoms with van der Waals surface area (Å²) in [5.41, 5.74) is 1.69. The van der Waals surface area contributed by atoms with Crippen LogP contribution in [-0.4, -0.2) is 47.5 Å². The Bertz CT molecular complexity index is 519. The van der Waals surface area contributed by atoms with Crippen LogP contribution in [0.4, 0.5) is 0 Å². The number of hydrogen-bond donors (Lipinski definition) is 1. The number of imidazole rings is 1. The van der Waals surface area contributed by atoms with Crippen LogP contribution < -0.4 is 5.32 Å². The fourth-order valence-corrected chi connectivity index (χ4v) is 1.79. The van der Waals surface area contributed by atoms with E-state index in [2.05, 4.69) is 10.3 Å². The highest BCUT2D eigenvalue weighted by Crippen LogP contribution is 2.10. The van der Waals surface area contributed by atoms with E-state index in [1.165, 1.54) is 0 Å². The minimum atomic E-state index is 0.0347. The van der Waals surface area contributed by atoms with Gasteiger partial charge in [-0.15, -0.1) is 0 Å². The quantitative estimate of drug-likeness (QED) is 0.875. The van der Waals surface area contributed by atoms with E-state index in [1.807, 2.05) is 49.1 Å². The highest BCUT2D eigenvalue weighted by atomic mass is 16.2. The average Bonchev–Trinajstić information content (AvgIpc) is 2.98. The van der Waals surface area contributed by atoms with E-state index in [1.54, 1.807) is 17.4 Å². The average molecular weight is 258 g/mol. The SMILES string of the molecule is CNCCN(C)C(=O)c1ccc(-n2ccnc2)cc1. The predicted molar refractivity (Wildman–Crippen MR) is 74.5 cm³/mol. The number of carbonyl (C=O) groups excluding carboxylic acids is 1. The van der Waals surface area contributed by atoms with Crippen molar-refractivity contribution in [2.45, 2.75) is 0 Å². The second-order valence-electron chi connectivity index (χ2n) is 4.35. The molecule has 2 rings (SSSR count). The number of nitrogens with zero attached hydrogens (tertiary/aromatic N) is 3. The number of rotatable bonds is 5. The number of nitrogens with one attached hydrogen (secondary N) is 1. The van der Waals surface area contributed by atoms with Crippen molar-refractivity contribution in [1.82, 2.24) is 19.8 Å². The Morgan fingerprint density at radius 3 is 2.68 bits per heavy atom. The summed E-state index contributed by atoms with van der Waals surface area (Å²) < 4.78 is 1.90. The molecule has 2 aromatic rings. The molecule has 0 atom stereocenters. The van der Waals surface area contributed by atoms with Crippen LogP contribution in [0, 0.1) is 0 Å². The molecule has 0 radical (unpaired) electrons. The highest BCUT2D eigenvalue weighted by molar-refractivity contribution is 5.94. The van der Waals surface area contributed by atoms with Gasteiger partial charge in [0.25, 0.3) is 5.91 Å². The van der Waals surface area contributed by atoms with Crippen molar-refractivity contribution in [2.75, 3.05) is 27.2 Å². The Morgan fingerprint density at radius 2 is 2.11 bits per heavy atom. The lowest BCUT2D eigenvalue weighted by Crippen LogP contribution is -2.32. The van der Waals surface area contributed by atoms with Gasteiger partial charge in [-0.05, 0) is 31.3 Å². The topological polar surface area (TPSA) is 50.2 Å². The number of benzene rings is 1. The Hall–Kier alpha value is -2.14. The predicted octanol–water partition coefficient (Wildman–Crippen LogP) is 1.16. The van der Waals surface area contributed by atoms with Crippen LogP contribution in [0.1, 0.15) is 10.4 Å². The summed E-state index contributed by atoms with van der Waals surface area (Å²) in [5, 5.41) is 3.03. The zero-order chi connectivity index (χ0) is 13.7. The van der Waals surface area contributed by atoms with E-state index in [0.29, 0.717) is 12.1 Å². The third-order valence-corrected chi connectivity index (χ3v) is 2.96. The van der Waals surface area contributed by atoms with Crippen molar-refractivity contribution in [3.05, 3.63) is 48.5 Å². The molecular weight excluding hydrogens is 240 g/mol. The van der Waals surface area contributed by atoms with Gasteiger partial charge in [-0.1, -0.05) is 0 Å². The van der Waals surface area contributed by atoms with Gasteiger partial charge in [0.1, 0.15) is 0 Å². The maximum Gasteiger partial charge on any atom is 0.253 e. The molecule has 0 fully saturated rings. The molecule has 0 spiro atoms. The molecule has 1 aromatic carbocycles. The summed E-state index contributed by atoms with van der Waals surface area (Å²) >= 11 is 0. The number of likely N-dealkylation sites (N-methyl/N-ethyl adjacent to an activating group) is 2. The summed E-state index contributed by atoms with van der Waals surface area (Å²) in [6.45, 7) is 1.48. The van der Waals surface area contributed by atoms with E-state index >= 15 is 0 Å². The van der Waals surface area contributed by atoms with Crippen LogP contribution in [0.25, 0.3) is 5.69 Å². The molecule has 100 valence electrons. The number of carbonyl (C=O) groups is 1. The molecule has 0 bridgehead atoms. The molecule has 0 saturated carbocycles. The highest BCUT2D eigenvalue weighted by Gasteiger charge is 2.10. The van der Waals surface area contributed by atoms with E-state index in [-0.39, 0.29) is 5.91 Å². The number of hydrogen-bond acceptors (Lipinski definition) is 3. The summed E-state index contributed by atoms with van der Waals surface area (Å²) in [7, 11) is 3.68. The Balaban J connectivity index is 2.08. The van der Waals surface area contributed by atoms with Crippen molar-refractivity contribution in [2.24, 2.45) is 0 Å². The molecule has 5 heteroatoms. The third kappa shape index (κ3) is 3.20.